The van der Waals surface area contributed by atoms with Crippen molar-refractivity contribution in [2.45, 2.75) is 19.8 Å². The van der Waals surface area contributed by atoms with Crippen molar-refractivity contribution in [3.63, 3.8) is 0 Å². The van der Waals surface area contributed by atoms with Gasteiger partial charge in [-0.15, -0.1) is 0 Å². The molecule has 1 fully saturated rings. The Balaban J connectivity index is 2.04. The maximum atomic E-state index is 11.7. The highest BCUT2D eigenvalue weighted by Gasteiger charge is 2.11. The number of anilines is 1. The van der Waals surface area contributed by atoms with Gasteiger partial charge in [-0.25, -0.2) is 0 Å². The quantitative estimate of drug-likeness (QED) is 0.764. The van der Waals surface area contributed by atoms with Crippen LogP contribution >= 0.6 is 11.8 Å². The fraction of sp³-hybridized carbons (Fsp3) is 0.500. The van der Waals surface area contributed by atoms with E-state index in [-0.39, 0.29) is 5.78 Å². The van der Waals surface area contributed by atoms with Crippen molar-refractivity contribution in [2.75, 3.05) is 29.5 Å². The van der Waals surface area contributed by atoms with Gasteiger partial charge in [-0.2, -0.15) is 11.8 Å². The van der Waals surface area contributed by atoms with Crippen LogP contribution in [0.5, 0.6) is 0 Å². The number of rotatable bonds is 4. The summed E-state index contributed by atoms with van der Waals surface area (Å²) in [5.41, 5.74) is 2.10. The number of nitrogens with zero attached hydrogens (tertiary/aromatic N) is 1. The van der Waals surface area contributed by atoms with Crippen LogP contribution in [0.4, 0.5) is 5.69 Å². The minimum Gasteiger partial charge on any atom is -0.370 e. The lowest BCUT2D eigenvalue weighted by Crippen LogP contribution is -2.32. The molecule has 0 aromatic heterocycles. The molecule has 17 heavy (non-hydrogen) atoms. The summed E-state index contributed by atoms with van der Waals surface area (Å²) < 4.78 is 0. The molecule has 1 aliphatic heterocycles. The zero-order valence-corrected chi connectivity index (χ0v) is 11.1. The van der Waals surface area contributed by atoms with E-state index in [4.69, 9.17) is 0 Å². The van der Waals surface area contributed by atoms with E-state index < -0.39 is 0 Å². The summed E-state index contributed by atoms with van der Waals surface area (Å²) in [5.74, 6) is 2.67. The molecule has 1 aromatic rings. The zero-order chi connectivity index (χ0) is 12.1. The Kier molecular flexibility index (Phi) is 4.49. The van der Waals surface area contributed by atoms with Gasteiger partial charge < -0.3 is 4.90 Å². The molecule has 1 aromatic carbocycles. The third-order valence-corrected chi connectivity index (χ3v) is 3.99. The summed E-state index contributed by atoms with van der Waals surface area (Å²) in [6.45, 7) is 4.28. The van der Waals surface area contributed by atoms with Crippen LogP contribution < -0.4 is 4.90 Å². The number of benzene rings is 1. The van der Waals surface area contributed by atoms with E-state index in [0.717, 1.165) is 25.1 Å². The van der Waals surface area contributed by atoms with Gasteiger partial charge in [0.25, 0.3) is 0 Å². The van der Waals surface area contributed by atoms with E-state index in [0.29, 0.717) is 6.42 Å². The summed E-state index contributed by atoms with van der Waals surface area (Å²) in [4.78, 5) is 14.1. The van der Waals surface area contributed by atoms with Gasteiger partial charge in [0, 0.05) is 42.3 Å². The number of thioether (sulfide) groups is 1. The Hall–Kier alpha value is -0.960. The SMILES string of the molecule is CCCC(=O)c1ccc(N2CCSCC2)cc1. The largest absolute Gasteiger partial charge is 0.370 e. The van der Waals surface area contributed by atoms with Crippen molar-refractivity contribution < 1.29 is 4.79 Å². The molecule has 0 radical (unpaired) electrons. The molecule has 2 rings (SSSR count). The fourth-order valence-corrected chi connectivity index (χ4v) is 2.95. The molecular weight excluding hydrogens is 230 g/mol. The van der Waals surface area contributed by atoms with Gasteiger partial charge in [-0.1, -0.05) is 6.92 Å². The first-order chi connectivity index (χ1) is 8.31. The second kappa shape index (κ2) is 6.10. The van der Waals surface area contributed by atoms with Crippen molar-refractivity contribution in [1.82, 2.24) is 0 Å². The van der Waals surface area contributed by atoms with Gasteiger partial charge in [-0.05, 0) is 30.7 Å². The second-order valence-electron chi connectivity index (χ2n) is 4.32. The number of hydrogen-bond donors (Lipinski definition) is 0. The highest BCUT2D eigenvalue weighted by Crippen LogP contribution is 2.20. The van der Waals surface area contributed by atoms with Gasteiger partial charge in [0.1, 0.15) is 0 Å². The normalized spacial score (nSPS) is 15.9. The standard InChI is InChI=1S/C14H19NOS/c1-2-3-14(16)12-4-6-13(7-5-12)15-8-10-17-11-9-15/h4-7H,2-3,8-11H2,1H3. The predicted molar refractivity (Wildman–Crippen MR) is 75.2 cm³/mol. The van der Waals surface area contributed by atoms with E-state index in [1.54, 1.807) is 0 Å². The topological polar surface area (TPSA) is 20.3 Å². The molecular formula is C14H19NOS. The average Bonchev–Trinajstić information content (AvgIpc) is 2.40. The first kappa shape index (κ1) is 12.5. The number of Topliss-reactive ketones (excluding diaryl/α,β-unsaturated/α-hetero) is 1. The Labute approximate surface area is 107 Å². The minimum atomic E-state index is 0.258. The van der Waals surface area contributed by atoms with Gasteiger partial charge in [0.15, 0.2) is 5.78 Å². The number of hydrogen-bond acceptors (Lipinski definition) is 3. The zero-order valence-electron chi connectivity index (χ0n) is 10.3. The van der Waals surface area contributed by atoms with E-state index >= 15 is 0 Å². The van der Waals surface area contributed by atoms with Crippen LogP contribution in [0, 0.1) is 0 Å². The highest BCUT2D eigenvalue weighted by molar-refractivity contribution is 7.99. The molecule has 92 valence electrons. The third-order valence-electron chi connectivity index (χ3n) is 3.04. The van der Waals surface area contributed by atoms with Gasteiger partial charge >= 0.3 is 0 Å². The Morgan fingerprint density at radius 2 is 1.88 bits per heavy atom. The first-order valence-electron chi connectivity index (χ1n) is 6.27. The third kappa shape index (κ3) is 3.25. The van der Waals surface area contributed by atoms with E-state index in [1.165, 1.54) is 17.2 Å². The van der Waals surface area contributed by atoms with Crippen LogP contribution in [-0.2, 0) is 0 Å². The van der Waals surface area contributed by atoms with Gasteiger partial charge in [-0.3, -0.25) is 4.79 Å². The summed E-state index contributed by atoms with van der Waals surface area (Å²) in [5, 5.41) is 0. The van der Waals surface area contributed by atoms with Crippen LogP contribution in [-0.4, -0.2) is 30.4 Å². The summed E-state index contributed by atoms with van der Waals surface area (Å²) in [6.07, 6.45) is 1.57. The lowest BCUT2D eigenvalue weighted by atomic mass is 10.1. The molecule has 2 nitrogen and oxygen atoms in total. The fourth-order valence-electron chi connectivity index (χ4n) is 2.05. The van der Waals surface area contributed by atoms with Crippen molar-refractivity contribution in [1.29, 1.82) is 0 Å². The van der Waals surface area contributed by atoms with Crippen molar-refractivity contribution in [3.8, 4) is 0 Å². The smallest absolute Gasteiger partial charge is 0.162 e. The Bertz CT molecular complexity index is 368. The Morgan fingerprint density at radius 3 is 2.47 bits per heavy atom. The monoisotopic (exact) mass is 249 g/mol. The highest BCUT2D eigenvalue weighted by atomic mass is 32.2. The molecule has 1 heterocycles. The number of ketones is 1. The van der Waals surface area contributed by atoms with Crippen molar-refractivity contribution in [3.05, 3.63) is 29.8 Å². The van der Waals surface area contributed by atoms with E-state index in [2.05, 4.69) is 17.0 Å². The molecule has 0 saturated carbocycles. The van der Waals surface area contributed by atoms with Crippen LogP contribution in [0.2, 0.25) is 0 Å². The lowest BCUT2D eigenvalue weighted by Gasteiger charge is -2.28. The molecule has 0 spiro atoms. The maximum Gasteiger partial charge on any atom is 0.162 e. The van der Waals surface area contributed by atoms with Crippen molar-refractivity contribution >= 4 is 23.2 Å². The molecule has 0 unspecified atom stereocenters. The van der Waals surface area contributed by atoms with Crippen LogP contribution in [0.25, 0.3) is 0 Å². The molecule has 0 aliphatic carbocycles. The van der Waals surface area contributed by atoms with Crippen LogP contribution in [0.1, 0.15) is 30.1 Å². The molecule has 0 atom stereocenters. The van der Waals surface area contributed by atoms with Crippen molar-refractivity contribution in [2.24, 2.45) is 0 Å². The number of carbonyl (C=O) groups is 1. The summed E-state index contributed by atoms with van der Waals surface area (Å²) in [7, 11) is 0. The summed E-state index contributed by atoms with van der Waals surface area (Å²) in [6, 6.07) is 8.10. The molecule has 0 amide bonds. The summed E-state index contributed by atoms with van der Waals surface area (Å²) >= 11 is 2.01. The van der Waals surface area contributed by atoms with Gasteiger partial charge in [0.2, 0.25) is 0 Å². The molecule has 3 heteroatoms. The lowest BCUT2D eigenvalue weighted by molar-refractivity contribution is 0.0982. The number of carbonyl (C=O) groups excluding carboxylic acids is 1. The minimum absolute atomic E-state index is 0.258. The van der Waals surface area contributed by atoms with Crippen LogP contribution in [0.15, 0.2) is 24.3 Å². The average molecular weight is 249 g/mol. The predicted octanol–water partition coefficient (Wildman–Crippen LogP) is 3.22. The van der Waals surface area contributed by atoms with E-state index in [1.807, 2.05) is 30.8 Å². The molecule has 0 N–H and O–H groups in total. The second-order valence-corrected chi connectivity index (χ2v) is 5.54. The first-order valence-corrected chi connectivity index (χ1v) is 7.42. The molecule has 1 saturated heterocycles. The Morgan fingerprint density at radius 1 is 1.24 bits per heavy atom. The van der Waals surface area contributed by atoms with Crippen LogP contribution in [0.3, 0.4) is 0 Å². The molecule has 0 bridgehead atoms. The van der Waals surface area contributed by atoms with E-state index in [9.17, 15) is 4.79 Å². The maximum absolute atomic E-state index is 11.7. The molecule has 1 aliphatic rings. The van der Waals surface area contributed by atoms with Gasteiger partial charge in [0.05, 0.1) is 0 Å².